The van der Waals surface area contributed by atoms with Crippen LogP contribution in [0, 0.1) is 11.3 Å². The van der Waals surface area contributed by atoms with Gasteiger partial charge in [0.15, 0.2) is 17.2 Å². The Kier molecular flexibility index (Phi) is 8.41. The lowest BCUT2D eigenvalue weighted by atomic mass is 9.72. The standard InChI is InChI=1S/C29H32N4O5S2/c1-5-36-27(35)23-18-11-10-17(29(2,3)4)16-21(18)40-26(23)30-22(34)12-15-39-28-31-24(19-8-6-13-37-19)25(32-33-28)20-9-7-14-38-20/h6-9,13-14,17H,5,10-12,15-16H2,1-4H3,(H,30,34). The molecule has 1 aliphatic carbocycles. The van der Waals surface area contributed by atoms with Crippen LogP contribution in [0.1, 0.15) is 61.3 Å². The molecule has 1 atom stereocenters. The first kappa shape index (κ1) is 28.1. The van der Waals surface area contributed by atoms with Gasteiger partial charge in [-0.05, 0) is 67.3 Å². The van der Waals surface area contributed by atoms with Crippen LogP contribution in [0.2, 0.25) is 0 Å². The molecule has 1 N–H and O–H groups in total. The summed E-state index contributed by atoms with van der Waals surface area (Å²) in [6, 6.07) is 7.12. The molecule has 11 heteroatoms. The fourth-order valence-corrected chi connectivity index (χ4v) is 6.85. The normalized spacial score (nSPS) is 15.1. The zero-order valence-electron chi connectivity index (χ0n) is 23.0. The van der Waals surface area contributed by atoms with E-state index in [2.05, 4.69) is 41.3 Å². The van der Waals surface area contributed by atoms with Crippen molar-refractivity contribution < 1.29 is 23.2 Å². The number of fused-ring (bicyclic) bond motifs is 1. The predicted molar refractivity (Wildman–Crippen MR) is 154 cm³/mol. The molecule has 0 aromatic carbocycles. The van der Waals surface area contributed by atoms with Crippen LogP contribution in [-0.4, -0.2) is 39.4 Å². The van der Waals surface area contributed by atoms with E-state index in [-0.39, 0.29) is 30.3 Å². The molecule has 1 unspecified atom stereocenters. The summed E-state index contributed by atoms with van der Waals surface area (Å²) in [5.41, 5.74) is 2.70. The van der Waals surface area contributed by atoms with Crippen molar-refractivity contribution in [3.63, 3.8) is 0 Å². The van der Waals surface area contributed by atoms with Crippen LogP contribution in [-0.2, 0) is 22.4 Å². The first-order valence-corrected chi connectivity index (χ1v) is 15.1. The van der Waals surface area contributed by atoms with E-state index in [4.69, 9.17) is 13.6 Å². The minimum atomic E-state index is -0.375. The van der Waals surface area contributed by atoms with Crippen LogP contribution in [0.25, 0.3) is 22.9 Å². The molecular weight excluding hydrogens is 548 g/mol. The summed E-state index contributed by atoms with van der Waals surface area (Å²) in [6.45, 7) is 8.83. The van der Waals surface area contributed by atoms with Gasteiger partial charge in [-0.15, -0.1) is 21.5 Å². The fourth-order valence-electron chi connectivity index (χ4n) is 4.79. The van der Waals surface area contributed by atoms with E-state index in [0.717, 1.165) is 24.8 Å². The molecule has 210 valence electrons. The van der Waals surface area contributed by atoms with E-state index in [0.29, 0.717) is 50.3 Å². The van der Waals surface area contributed by atoms with Gasteiger partial charge in [0.05, 0.1) is 24.7 Å². The number of nitrogens with one attached hydrogen (secondary N) is 1. The van der Waals surface area contributed by atoms with Crippen LogP contribution in [0.15, 0.2) is 50.8 Å². The number of thiophene rings is 1. The number of hydrogen-bond acceptors (Lipinski definition) is 10. The first-order chi connectivity index (χ1) is 19.2. The Morgan fingerprint density at radius 3 is 2.50 bits per heavy atom. The van der Waals surface area contributed by atoms with Crippen molar-refractivity contribution in [2.45, 2.75) is 58.5 Å². The lowest BCUT2D eigenvalue weighted by Gasteiger charge is -2.33. The summed E-state index contributed by atoms with van der Waals surface area (Å²) < 4.78 is 16.4. The smallest absolute Gasteiger partial charge is 0.341 e. The van der Waals surface area contributed by atoms with Gasteiger partial charge in [0.1, 0.15) is 10.7 Å². The van der Waals surface area contributed by atoms with Gasteiger partial charge < -0.3 is 18.9 Å². The van der Waals surface area contributed by atoms with E-state index in [1.807, 2.05) is 0 Å². The maximum Gasteiger partial charge on any atom is 0.341 e. The second-order valence-corrected chi connectivity index (χ2v) is 12.8. The summed E-state index contributed by atoms with van der Waals surface area (Å²) in [5, 5.41) is 12.5. The number of ether oxygens (including phenoxy) is 1. The molecule has 4 aromatic heterocycles. The minimum absolute atomic E-state index is 0.177. The summed E-state index contributed by atoms with van der Waals surface area (Å²) in [5.74, 6) is 1.47. The van der Waals surface area contributed by atoms with Crippen LogP contribution >= 0.6 is 23.1 Å². The summed E-state index contributed by atoms with van der Waals surface area (Å²) in [6.07, 6.45) is 6.05. The number of furan rings is 2. The number of esters is 1. The van der Waals surface area contributed by atoms with Crippen LogP contribution in [0.3, 0.4) is 0 Å². The third-order valence-electron chi connectivity index (χ3n) is 6.96. The quantitative estimate of drug-likeness (QED) is 0.166. The van der Waals surface area contributed by atoms with Crippen LogP contribution in [0.5, 0.6) is 0 Å². The van der Waals surface area contributed by atoms with Gasteiger partial charge in [0, 0.05) is 17.1 Å². The number of aromatic nitrogens is 3. The van der Waals surface area contributed by atoms with E-state index < -0.39 is 0 Å². The lowest BCUT2D eigenvalue weighted by molar-refractivity contribution is -0.115. The zero-order chi connectivity index (χ0) is 28.3. The molecule has 0 saturated carbocycles. The molecule has 40 heavy (non-hydrogen) atoms. The molecule has 0 spiro atoms. The molecule has 0 saturated heterocycles. The topological polar surface area (TPSA) is 120 Å². The van der Waals surface area contributed by atoms with E-state index in [1.54, 1.807) is 43.7 Å². The molecular formula is C29H32N4O5S2. The Hall–Kier alpha value is -3.44. The maximum atomic E-state index is 13.0. The average molecular weight is 581 g/mol. The van der Waals surface area contributed by atoms with Crippen LogP contribution < -0.4 is 5.32 Å². The predicted octanol–water partition coefficient (Wildman–Crippen LogP) is 6.90. The molecule has 0 radical (unpaired) electrons. The van der Waals surface area contributed by atoms with Crippen molar-refractivity contribution in [1.82, 2.24) is 15.2 Å². The zero-order valence-corrected chi connectivity index (χ0v) is 24.6. The second-order valence-electron chi connectivity index (χ2n) is 10.6. The Balaban J connectivity index is 1.27. The maximum absolute atomic E-state index is 13.0. The average Bonchev–Trinajstić information content (AvgIpc) is 3.69. The third kappa shape index (κ3) is 6.15. The van der Waals surface area contributed by atoms with Crippen molar-refractivity contribution in [1.29, 1.82) is 0 Å². The lowest BCUT2D eigenvalue weighted by Crippen LogP contribution is -2.26. The first-order valence-electron chi connectivity index (χ1n) is 13.3. The van der Waals surface area contributed by atoms with E-state index >= 15 is 0 Å². The highest BCUT2D eigenvalue weighted by atomic mass is 32.2. The molecule has 0 bridgehead atoms. The number of amides is 1. The monoisotopic (exact) mass is 580 g/mol. The summed E-state index contributed by atoms with van der Waals surface area (Å²) in [7, 11) is 0. The number of nitrogens with zero attached hydrogens (tertiary/aromatic N) is 3. The largest absolute Gasteiger partial charge is 0.463 e. The number of carbonyl (C=O) groups is 2. The summed E-state index contributed by atoms with van der Waals surface area (Å²) >= 11 is 2.82. The Morgan fingerprint density at radius 2 is 1.85 bits per heavy atom. The SMILES string of the molecule is CCOC(=O)c1c(NC(=O)CCSc2nnc(-c3ccco3)c(-c3ccco3)n2)sc2c1CCC(C(C)(C)C)C2. The van der Waals surface area contributed by atoms with E-state index in [1.165, 1.54) is 28.0 Å². The molecule has 1 aliphatic rings. The van der Waals surface area contributed by atoms with E-state index in [9.17, 15) is 9.59 Å². The van der Waals surface area contributed by atoms with Crippen molar-refractivity contribution in [2.75, 3.05) is 17.7 Å². The van der Waals surface area contributed by atoms with Crippen molar-refractivity contribution in [3.05, 3.63) is 52.8 Å². The van der Waals surface area contributed by atoms with Crippen molar-refractivity contribution >= 4 is 40.0 Å². The molecule has 0 fully saturated rings. The van der Waals surface area contributed by atoms with Gasteiger partial charge in [-0.2, -0.15) is 0 Å². The highest BCUT2D eigenvalue weighted by Crippen LogP contribution is 2.44. The summed E-state index contributed by atoms with van der Waals surface area (Å²) in [4.78, 5) is 31.7. The molecule has 1 amide bonds. The van der Waals surface area contributed by atoms with Gasteiger partial charge in [-0.1, -0.05) is 32.5 Å². The fraction of sp³-hybridized carbons (Fsp3) is 0.414. The van der Waals surface area contributed by atoms with Crippen molar-refractivity contribution in [2.24, 2.45) is 11.3 Å². The Labute approximate surface area is 241 Å². The highest BCUT2D eigenvalue weighted by molar-refractivity contribution is 7.99. The van der Waals surface area contributed by atoms with Gasteiger partial charge >= 0.3 is 5.97 Å². The third-order valence-corrected chi connectivity index (χ3v) is 8.97. The number of hydrogen-bond donors (Lipinski definition) is 1. The Bertz CT molecular complexity index is 1470. The Morgan fingerprint density at radius 1 is 1.12 bits per heavy atom. The molecule has 0 aliphatic heterocycles. The molecule has 4 aromatic rings. The van der Waals surface area contributed by atoms with Gasteiger partial charge in [-0.25, -0.2) is 9.78 Å². The van der Waals surface area contributed by atoms with Gasteiger partial charge in [0.2, 0.25) is 11.1 Å². The number of thioether (sulfide) groups is 1. The number of carbonyl (C=O) groups excluding carboxylic acids is 2. The van der Waals surface area contributed by atoms with Crippen molar-refractivity contribution in [3.8, 4) is 22.9 Å². The van der Waals surface area contributed by atoms with Gasteiger partial charge in [0.25, 0.3) is 0 Å². The number of rotatable bonds is 9. The highest BCUT2D eigenvalue weighted by Gasteiger charge is 2.34. The number of anilines is 1. The molecule has 9 nitrogen and oxygen atoms in total. The molecule has 5 rings (SSSR count). The molecule has 4 heterocycles. The van der Waals surface area contributed by atoms with Gasteiger partial charge in [-0.3, -0.25) is 4.79 Å². The second kappa shape index (κ2) is 12.0. The van der Waals surface area contributed by atoms with Crippen LogP contribution in [0.4, 0.5) is 5.00 Å². The minimum Gasteiger partial charge on any atom is -0.463 e.